The Labute approximate surface area is 177 Å². The molecule has 0 saturated heterocycles. The molecule has 0 spiro atoms. The van der Waals surface area contributed by atoms with Crippen LogP contribution in [0, 0.1) is 10.8 Å². The van der Waals surface area contributed by atoms with E-state index in [0.29, 0.717) is 18.3 Å². The SMILES string of the molecule is CC(C)(C)CCCCCCc1ccc(O)c(O)c1CCCCCC(C)(C)C(=O)O. The molecule has 29 heavy (non-hydrogen) atoms. The predicted molar refractivity (Wildman–Crippen MR) is 120 cm³/mol. The van der Waals surface area contributed by atoms with Crippen LogP contribution in [0.15, 0.2) is 12.1 Å². The summed E-state index contributed by atoms with van der Waals surface area (Å²) in [6.45, 7) is 10.4. The molecule has 0 aliphatic carbocycles. The fourth-order valence-corrected chi connectivity index (χ4v) is 3.66. The van der Waals surface area contributed by atoms with Crippen LogP contribution in [0.25, 0.3) is 0 Å². The smallest absolute Gasteiger partial charge is 0.309 e. The van der Waals surface area contributed by atoms with Crippen LogP contribution in [0.1, 0.15) is 104 Å². The molecule has 0 fully saturated rings. The van der Waals surface area contributed by atoms with Gasteiger partial charge in [-0.1, -0.05) is 58.9 Å². The number of aromatic hydroxyl groups is 2. The zero-order valence-corrected chi connectivity index (χ0v) is 19.2. The van der Waals surface area contributed by atoms with Gasteiger partial charge < -0.3 is 15.3 Å². The number of hydrogen-bond acceptors (Lipinski definition) is 3. The van der Waals surface area contributed by atoms with Crippen molar-refractivity contribution in [3.05, 3.63) is 23.3 Å². The zero-order chi connectivity index (χ0) is 22.1. The number of aryl methyl sites for hydroxylation is 1. The molecule has 1 rings (SSSR count). The summed E-state index contributed by atoms with van der Waals surface area (Å²) in [6, 6.07) is 3.52. The number of aliphatic carboxylic acids is 1. The molecule has 1 aromatic rings. The minimum atomic E-state index is -0.757. The molecule has 0 aliphatic rings. The lowest BCUT2D eigenvalue weighted by atomic mass is 9.86. The van der Waals surface area contributed by atoms with Gasteiger partial charge >= 0.3 is 5.97 Å². The molecule has 4 heteroatoms. The summed E-state index contributed by atoms with van der Waals surface area (Å²) in [5.41, 5.74) is 1.69. The molecule has 0 amide bonds. The van der Waals surface area contributed by atoms with Crippen LogP contribution >= 0.6 is 0 Å². The van der Waals surface area contributed by atoms with Crippen molar-refractivity contribution in [3.8, 4) is 11.5 Å². The topological polar surface area (TPSA) is 77.8 Å². The highest BCUT2D eigenvalue weighted by Gasteiger charge is 2.26. The maximum atomic E-state index is 11.2. The van der Waals surface area contributed by atoms with E-state index in [-0.39, 0.29) is 11.5 Å². The number of carboxylic acid groups (broad SMARTS) is 1. The Balaban J connectivity index is 2.49. The van der Waals surface area contributed by atoms with Crippen molar-refractivity contribution in [3.63, 3.8) is 0 Å². The lowest BCUT2D eigenvalue weighted by Gasteiger charge is -2.18. The minimum absolute atomic E-state index is 0.0149. The minimum Gasteiger partial charge on any atom is -0.504 e. The number of hydrogen-bond donors (Lipinski definition) is 3. The second kappa shape index (κ2) is 11.5. The van der Waals surface area contributed by atoms with E-state index in [2.05, 4.69) is 20.8 Å². The molecule has 166 valence electrons. The lowest BCUT2D eigenvalue weighted by molar-refractivity contribution is -0.147. The van der Waals surface area contributed by atoms with Crippen LogP contribution in [0.5, 0.6) is 11.5 Å². The maximum Gasteiger partial charge on any atom is 0.309 e. The summed E-state index contributed by atoms with van der Waals surface area (Å²) in [7, 11) is 0. The Bertz CT molecular complexity index is 641. The van der Waals surface area contributed by atoms with E-state index in [4.69, 9.17) is 0 Å². The Hall–Kier alpha value is -1.71. The van der Waals surface area contributed by atoms with Gasteiger partial charge in [-0.3, -0.25) is 4.79 Å². The number of rotatable bonds is 13. The van der Waals surface area contributed by atoms with E-state index < -0.39 is 11.4 Å². The summed E-state index contributed by atoms with van der Waals surface area (Å²) in [5.74, 6) is -0.796. The van der Waals surface area contributed by atoms with Crippen LogP contribution in [-0.4, -0.2) is 21.3 Å². The highest BCUT2D eigenvalue weighted by atomic mass is 16.4. The summed E-state index contributed by atoms with van der Waals surface area (Å²) in [5, 5.41) is 29.4. The Morgan fingerprint density at radius 1 is 0.793 bits per heavy atom. The second-order valence-corrected chi connectivity index (χ2v) is 10.3. The first-order valence-electron chi connectivity index (χ1n) is 11.2. The number of carbonyl (C=O) groups is 1. The van der Waals surface area contributed by atoms with Crippen molar-refractivity contribution in [2.45, 2.75) is 105 Å². The van der Waals surface area contributed by atoms with Gasteiger partial charge in [0.1, 0.15) is 0 Å². The average Bonchev–Trinajstić information content (AvgIpc) is 2.61. The van der Waals surface area contributed by atoms with Crippen molar-refractivity contribution >= 4 is 5.97 Å². The molecule has 0 radical (unpaired) electrons. The third-order valence-corrected chi connectivity index (χ3v) is 5.79. The average molecular weight is 407 g/mol. The Kier molecular flexibility index (Phi) is 10.0. The van der Waals surface area contributed by atoms with E-state index in [1.807, 2.05) is 6.07 Å². The van der Waals surface area contributed by atoms with Crippen molar-refractivity contribution in [2.24, 2.45) is 10.8 Å². The van der Waals surface area contributed by atoms with Crippen molar-refractivity contribution in [1.82, 2.24) is 0 Å². The molecule has 0 aliphatic heterocycles. The number of carboxylic acids is 1. The fraction of sp³-hybridized carbons (Fsp3) is 0.720. The van der Waals surface area contributed by atoms with Crippen LogP contribution in [-0.2, 0) is 17.6 Å². The molecule has 0 bridgehead atoms. The Morgan fingerprint density at radius 3 is 1.97 bits per heavy atom. The zero-order valence-electron chi connectivity index (χ0n) is 19.2. The van der Waals surface area contributed by atoms with Gasteiger partial charge in [0.05, 0.1) is 5.41 Å². The predicted octanol–water partition coefficient (Wildman–Crippen LogP) is 6.85. The molecule has 0 unspecified atom stereocenters. The van der Waals surface area contributed by atoms with Crippen molar-refractivity contribution in [2.75, 3.05) is 0 Å². The molecule has 1 aromatic carbocycles. The molecule has 4 nitrogen and oxygen atoms in total. The Morgan fingerprint density at radius 2 is 1.34 bits per heavy atom. The lowest BCUT2D eigenvalue weighted by Crippen LogP contribution is -2.23. The van der Waals surface area contributed by atoms with Gasteiger partial charge in [-0.15, -0.1) is 0 Å². The van der Waals surface area contributed by atoms with Crippen molar-refractivity contribution < 1.29 is 20.1 Å². The standard InChI is InChI=1S/C25H42O4/c1-24(2,3)17-11-7-6-9-13-19-15-16-21(26)22(27)20(19)14-10-8-12-18-25(4,5)23(28)29/h15-16,26-27H,6-14,17-18H2,1-5H3,(H,28,29). The van der Waals surface area contributed by atoms with Gasteiger partial charge in [0, 0.05) is 5.56 Å². The van der Waals surface area contributed by atoms with Gasteiger partial charge in [-0.2, -0.15) is 0 Å². The molecular formula is C25H42O4. The van der Waals surface area contributed by atoms with Gasteiger partial charge in [0.25, 0.3) is 0 Å². The third kappa shape index (κ3) is 9.56. The molecule has 0 heterocycles. The van der Waals surface area contributed by atoms with Crippen LogP contribution in [0.2, 0.25) is 0 Å². The van der Waals surface area contributed by atoms with Crippen LogP contribution in [0.3, 0.4) is 0 Å². The maximum absolute atomic E-state index is 11.2. The van der Waals surface area contributed by atoms with E-state index in [0.717, 1.165) is 43.2 Å². The second-order valence-electron chi connectivity index (χ2n) is 10.3. The molecule has 3 N–H and O–H groups in total. The largest absolute Gasteiger partial charge is 0.504 e. The van der Waals surface area contributed by atoms with Crippen molar-refractivity contribution in [1.29, 1.82) is 0 Å². The van der Waals surface area contributed by atoms with Gasteiger partial charge in [0.15, 0.2) is 11.5 Å². The molecule has 0 aromatic heterocycles. The van der Waals surface area contributed by atoms with E-state index in [1.165, 1.54) is 25.7 Å². The first-order chi connectivity index (χ1) is 13.4. The van der Waals surface area contributed by atoms with E-state index in [9.17, 15) is 20.1 Å². The first-order valence-corrected chi connectivity index (χ1v) is 11.2. The van der Waals surface area contributed by atoms with Gasteiger partial charge in [0.2, 0.25) is 0 Å². The summed E-state index contributed by atoms with van der Waals surface area (Å²) < 4.78 is 0. The highest BCUT2D eigenvalue weighted by Crippen LogP contribution is 2.34. The fourth-order valence-electron chi connectivity index (χ4n) is 3.66. The van der Waals surface area contributed by atoms with Gasteiger partial charge in [-0.05, 0) is 69.4 Å². The molecule has 0 atom stereocenters. The summed E-state index contributed by atoms with van der Waals surface area (Å²) in [6.07, 6.45) is 10.9. The number of benzene rings is 1. The molecule has 0 saturated carbocycles. The normalized spacial score (nSPS) is 12.3. The highest BCUT2D eigenvalue weighted by molar-refractivity contribution is 5.73. The van der Waals surface area contributed by atoms with E-state index in [1.54, 1.807) is 19.9 Å². The molecular weight excluding hydrogens is 364 g/mol. The summed E-state index contributed by atoms with van der Waals surface area (Å²) in [4.78, 5) is 11.2. The first kappa shape index (κ1) is 25.3. The number of unbranched alkanes of at least 4 members (excludes halogenated alkanes) is 5. The quantitative estimate of drug-likeness (QED) is 0.247. The number of phenolic OH excluding ortho intramolecular Hbond substituents is 2. The van der Waals surface area contributed by atoms with Crippen LogP contribution < -0.4 is 0 Å². The van der Waals surface area contributed by atoms with E-state index >= 15 is 0 Å². The monoisotopic (exact) mass is 406 g/mol. The third-order valence-electron chi connectivity index (χ3n) is 5.79. The number of phenols is 2. The van der Waals surface area contributed by atoms with Gasteiger partial charge in [-0.25, -0.2) is 0 Å². The summed E-state index contributed by atoms with van der Waals surface area (Å²) >= 11 is 0. The van der Waals surface area contributed by atoms with Crippen LogP contribution in [0.4, 0.5) is 0 Å².